The van der Waals surface area contributed by atoms with E-state index in [4.69, 9.17) is 0 Å². The van der Waals surface area contributed by atoms with Gasteiger partial charge in [-0.3, -0.25) is 4.79 Å². The number of nitrogens with one attached hydrogen (secondary N) is 1. The van der Waals surface area contributed by atoms with Crippen LogP contribution in [0, 0.1) is 11.8 Å². The molecule has 31 heavy (non-hydrogen) atoms. The average molecular weight is 446 g/mol. The van der Waals surface area contributed by atoms with Crippen molar-refractivity contribution < 1.29 is 9.90 Å². The van der Waals surface area contributed by atoms with Crippen LogP contribution in [-0.2, 0) is 4.79 Å². The average Bonchev–Trinajstić information content (AvgIpc) is 3.06. The SMILES string of the molecule is CC(C)CN(CC(C)C)c1ccc(C(C)CC(=O)O)cc1Nc1nc(N2CCC2)ns1. The van der Waals surface area contributed by atoms with Gasteiger partial charge in [0.25, 0.3) is 0 Å². The highest BCUT2D eigenvalue weighted by Gasteiger charge is 2.21. The van der Waals surface area contributed by atoms with Crippen LogP contribution in [0.15, 0.2) is 18.2 Å². The minimum Gasteiger partial charge on any atom is -0.481 e. The Hall–Kier alpha value is -2.35. The Balaban J connectivity index is 1.93. The first-order valence-corrected chi connectivity index (χ1v) is 12.0. The number of carboxylic acids is 1. The lowest BCUT2D eigenvalue weighted by Gasteiger charge is -2.31. The molecule has 3 rings (SSSR count). The van der Waals surface area contributed by atoms with Gasteiger partial charge in [-0.1, -0.05) is 40.7 Å². The first-order valence-electron chi connectivity index (χ1n) is 11.2. The van der Waals surface area contributed by atoms with Gasteiger partial charge in [0.15, 0.2) is 0 Å². The highest BCUT2D eigenvalue weighted by Crippen LogP contribution is 2.35. The number of aliphatic carboxylic acids is 1. The largest absolute Gasteiger partial charge is 0.481 e. The molecular formula is C23H35N5O2S. The van der Waals surface area contributed by atoms with Gasteiger partial charge in [-0.2, -0.15) is 9.36 Å². The first-order chi connectivity index (χ1) is 14.7. The van der Waals surface area contributed by atoms with E-state index in [2.05, 4.69) is 70.4 Å². The minimum atomic E-state index is -0.782. The maximum Gasteiger partial charge on any atom is 0.303 e. The lowest BCUT2D eigenvalue weighted by molar-refractivity contribution is -0.137. The molecule has 1 unspecified atom stereocenters. The second-order valence-corrected chi connectivity index (χ2v) is 10.1. The number of anilines is 4. The van der Waals surface area contributed by atoms with Crippen molar-refractivity contribution in [3.63, 3.8) is 0 Å². The van der Waals surface area contributed by atoms with Crippen molar-refractivity contribution in [1.29, 1.82) is 0 Å². The molecule has 2 N–H and O–H groups in total. The van der Waals surface area contributed by atoms with Gasteiger partial charge in [-0.05, 0) is 41.9 Å². The van der Waals surface area contributed by atoms with E-state index in [0.29, 0.717) is 11.8 Å². The van der Waals surface area contributed by atoms with Gasteiger partial charge in [0, 0.05) is 37.7 Å². The van der Waals surface area contributed by atoms with E-state index in [9.17, 15) is 9.90 Å². The van der Waals surface area contributed by atoms with Crippen molar-refractivity contribution in [2.75, 3.05) is 41.3 Å². The third-order valence-corrected chi connectivity index (χ3v) is 6.00. The number of nitrogens with zero attached hydrogens (tertiary/aromatic N) is 4. The fraction of sp³-hybridized carbons (Fsp3) is 0.609. The normalized spacial score (nSPS) is 14.6. The summed E-state index contributed by atoms with van der Waals surface area (Å²) in [6, 6.07) is 6.27. The standard InChI is InChI=1S/C23H35N5O2S/c1-15(2)13-28(14-16(3)4)20-8-7-18(17(5)11-21(29)30)12-19(20)24-23-25-22(26-31-23)27-9-6-10-27/h7-8,12,15-17H,6,9-11,13-14H2,1-5H3,(H,29,30)(H,24,25,26). The maximum absolute atomic E-state index is 11.2. The van der Waals surface area contributed by atoms with Crippen LogP contribution in [0.3, 0.4) is 0 Å². The zero-order valence-corrected chi connectivity index (χ0v) is 20.1. The summed E-state index contributed by atoms with van der Waals surface area (Å²) in [5.41, 5.74) is 3.09. The molecule has 2 heterocycles. The molecule has 1 aromatic carbocycles. The van der Waals surface area contributed by atoms with Gasteiger partial charge in [0.2, 0.25) is 11.1 Å². The van der Waals surface area contributed by atoms with Crippen LogP contribution < -0.4 is 15.1 Å². The Bertz CT molecular complexity index is 869. The molecule has 1 aliphatic heterocycles. The van der Waals surface area contributed by atoms with E-state index in [1.807, 2.05) is 6.92 Å². The van der Waals surface area contributed by atoms with Crippen LogP contribution in [-0.4, -0.2) is 46.6 Å². The van der Waals surface area contributed by atoms with E-state index in [1.165, 1.54) is 18.0 Å². The number of carbonyl (C=O) groups is 1. The lowest BCUT2D eigenvalue weighted by Crippen LogP contribution is -2.37. The molecule has 1 fully saturated rings. The minimum absolute atomic E-state index is 0.0678. The Kier molecular flexibility index (Phi) is 7.75. The molecule has 8 heteroatoms. The van der Waals surface area contributed by atoms with Crippen molar-refractivity contribution in [2.24, 2.45) is 11.8 Å². The molecule has 0 spiro atoms. The second kappa shape index (κ2) is 10.3. The van der Waals surface area contributed by atoms with Crippen molar-refractivity contribution in [3.8, 4) is 0 Å². The fourth-order valence-electron chi connectivity index (χ4n) is 3.79. The van der Waals surface area contributed by atoms with E-state index in [1.54, 1.807) is 0 Å². The maximum atomic E-state index is 11.2. The molecule has 1 saturated heterocycles. The molecule has 0 radical (unpaired) electrons. The van der Waals surface area contributed by atoms with E-state index in [-0.39, 0.29) is 12.3 Å². The third kappa shape index (κ3) is 6.32. The molecule has 170 valence electrons. The Morgan fingerprint density at radius 2 is 1.87 bits per heavy atom. The van der Waals surface area contributed by atoms with Gasteiger partial charge in [0.1, 0.15) is 0 Å². The molecule has 1 atom stereocenters. The van der Waals surface area contributed by atoms with Gasteiger partial charge in [-0.15, -0.1) is 0 Å². The van der Waals surface area contributed by atoms with E-state index in [0.717, 1.165) is 54.2 Å². The molecule has 1 aromatic heterocycles. The van der Waals surface area contributed by atoms with Gasteiger partial charge < -0.3 is 20.2 Å². The molecule has 1 aliphatic rings. The van der Waals surface area contributed by atoms with Crippen LogP contribution in [0.4, 0.5) is 22.5 Å². The summed E-state index contributed by atoms with van der Waals surface area (Å²) in [7, 11) is 0. The monoisotopic (exact) mass is 445 g/mol. The zero-order valence-electron chi connectivity index (χ0n) is 19.3. The molecule has 2 aromatic rings. The van der Waals surface area contributed by atoms with Gasteiger partial charge >= 0.3 is 5.97 Å². The summed E-state index contributed by atoms with van der Waals surface area (Å²) in [6.45, 7) is 14.8. The van der Waals surface area contributed by atoms with Crippen molar-refractivity contribution >= 4 is 40.0 Å². The predicted molar refractivity (Wildman–Crippen MR) is 129 cm³/mol. The highest BCUT2D eigenvalue weighted by molar-refractivity contribution is 7.10. The first kappa shape index (κ1) is 23.3. The summed E-state index contributed by atoms with van der Waals surface area (Å²) in [5.74, 6) is 0.989. The lowest BCUT2D eigenvalue weighted by atomic mass is 9.96. The summed E-state index contributed by atoms with van der Waals surface area (Å²) < 4.78 is 4.51. The van der Waals surface area contributed by atoms with E-state index >= 15 is 0 Å². The van der Waals surface area contributed by atoms with Crippen molar-refractivity contribution in [2.45, 2.75) is 53.4 Å². The topological polar surface area (TPSA) is 81.6 Å². The summed E-state index contributed by atoms with van der Waals surface area (Å²) in [4.78, 5) is 20.5. The van der Waals surface area contributed by atoms with E-state index < -0.39 is 5.97 Å². The molecule has 0 aliphatic carbocycles. The molecule has 0 amide bonds. The Labute approximate surface area is 189 Å². The molecule has 0 bridgehead atoms. The number of rotatable bonds is 11. The number of benzene rings is 1. The molecule has 7 nitrogen and oxygen atoms in total. The van der Waals surface area contributed by atoms with Gasteiger partial charge in [0.05, 0.1) is 17.8 Å². The summed E-state index contributed by atoms with van der Waals surface area (Å²) in [5, 5.41) is 13.5. The number of carboxylic acid groups (broad SMARTS) is 1. The fourth-order valence-corrected chi connectivity index (χ4v) is 4.40. The highest BCUT2D eigenvalue weighted by atomic mass is 32.1. The van der Waals surface area contributed by atoms with Crippen LogP contribution in [0.25, 0.3) is 0 Å². The van der Waals surface area contributed by atoms with Crippen LogP contribution in [0.5, 0.6) is 0 Å². The van der Waals surface area contributed by atoms with Crippen molar-refractivity contribution in [1.82, 2.24) is 9.36 Å². The summed E-state index contributed by atoms with van der Waals surface area (Å²) >= 11 is 1.37. The number of hydrogen-bond acceptors (Lipinski definition) is 7. The number of aromatic nitrogens is 2. The molecular weight excluding hydrogens is 410 g/mol. The zero-order chi connectivity index (χ0) is 22.5. The Morgan fingerprint density at radius 1 is 1.19 bits per heavy atom. The smallest absolute Gasteiger partial charge is 0.303 e. The van der Waals surface area contributed by atoms with Gasteiger partial charge in [-0.25, -0.2) is 0 Å². The van der Waals surface area contributed by atoms with Crippen LogP contribution >= 0.6 is 11.5 Å². The Morgan fingerprint density at radius 3 is 2.42 bits per heavy atom. The van der Waals surface area contributed by atoms with Crippen LogP contribution in [0.2, 0.25) is 0 Å². The third-order valence-electron chi connectivity index (χ3n) is 5.38. The number of hydrogen-bond donors (Lipinski definition) is 2. The predicted octanol–water partition coefficient (Wildman–Crippen LogP) is 5.19. The summed E-state index contributed by atoms with van der Waals surface area (Å²) in [6.07, 6.45) is 1.30. The second-order valence-electron chi connectivity index (χ2n) is 9.33. The quantitative estimate of drug-likeness (QED) is 0.493. The molecule has 0 saturated carbocycles. The van der Waals surface area contributed by atoms with Crippen LogP contribution in [0.1, 0.15) is 58.9 Å². The van der Waals surface area contributed by atoms with Crippen molar-refractivity contribution in [3.05, 3.63) is 23.8 Å².